The van der Waals surface area contributed by atoms with Gasteiger partial charge in [0.25, 0.3) is 0 Å². The summed E-state index contributed by atoms with van der Waals surface area (Å²) in [5, 5.41) is 8.33. The molecule has 6 aromatic rings. The Bertz CT molecular complexity index is 1500. The molecule has 0 saturated heterocycles. The summed E-state index contributed by atoms with van der Waals surface area (Å²) in [6, 6.07) is 58.0. The van der Waals surface area contributed by atoms with Gasteiger partial charge in [0.05, 0.1) is 0 Å². The largest absolute Gasteiger partial charge is 2.00 e. The Morgan fingerprint density at radius 2 is 0.581 bits per heavy atom. The first-order valence-electron chi connectivity index (χ1n) is 13.7. The van der Waals surface area contributed by atoms with Gasteiger partial charge in [-0.15, -0.1) is 0 Å². The average Bonchev–Trinajstić information content (AvgIpc) is 3.01. The first-order chi connectivity index (χ1) is 19.7. The van der Waals surface area contributed by atoms with Gasteiger partial charge in [-0.1, -0.05) is 158 Å². The van der Waals surface area contributed by atoms with Crippen molar-refractivity contribution in [1.82, 2.24) is 0 Å². The molecule has 0 amide bonds. The van der Waals surface area contributed by atoms with Gasteiger partial charge in [0.15, 0.2) is 0 Å². The van der Waals surface area contributed by atoms with Crippen LogP contribution < -0.4 is 56.6 Å². The summed E-state index contributed by atoms with van der Waals surface area (Å²) in [4.78, 5) is 0. The zero-order valence-electron chi connectivity index (χ0n) is 24.0. The minimum absolute atomic E-state index is 0. The number of aryl methyl sites for hydroxylation is 2. The van der Waals surface area contributed by atoms with E-state index in [-0.39, 0.29) is 44.3 Å². The fraction of sp³-hybridized carbons (Fsp3) is 0.0526. The molecule has 0 atom stereocenters. The van der Waals surface area contributed by atoms with E-state index >= 15 is 0 Å². The molecular weight excluding hydrogens is 690 g/mol. The molecule has 43 heavy (non-hydrogen) atoms. The molecule has 0 aromatic heterocycles. The summed E-state index contributed by atoms with van der Waals surface area (Å²) in [5.41, 5.74) is 5.41. The van der Waals surface area contributed by atoms with Crippen molar-refractivity contribution in [2.24, 2.45) is 0 Å². The summed E-state index contributed by atoms with van der Waals surface area (Å²) in [6.07, 6.45) is 0. The number of hydrogen-bond donors (Lipinski definition) is 0. The quantitative estimate of drug-likeness (QED) is 0.173. The van der Waals surface area contributed by atoms with Crippen molar-refractivity contribution in [1.29, 1.82) is 0 Å². The number of rotatable bonds is 7. The van der Waals surface area contributed by atoms with Crippen molar-refractivity contribution in [2.45, 2.75) is 13.8 Å². The van der Waals surface area contributed by atoms with E-state index in [1.54, 1.807) is 0 Å². The van der Waals surface area contributed by atoms with Crippen molar-refractivity contribution >= 4 is 47.7 Å². The van der Waals surface area contributed by atoms with E-state index in [4.69, 9.17) is 0 Å². The Balaban J connectivity index is 0.00000169. The Morgan fingerprint density at radius 3 is 0.837 bits per heavy atom. The van der Waals surface area contributed by atoms with Gasteiger partial charge in [0, 0.05) is 0 Å². The standard InChI is InChI=1S/C38H32P2.2ClH.Ru/c1-29-17-15-27-35(39(31-19-7-3-8-20-31)32-21-9-4-10-22-32)37(29)38-30(2)18-16-28-36(38)40(33-23-11-5-12-24-33)34-25-13-6-14-26-34;;;/h3-28H,1-2H3;2*1H;/q;;;+2/p-2. The second-order valence-corrected chi connectivity index (χ2v) is 14.3. The smallest absolute Gasteiger partial charge is 1.00 e. The monoisotopic (exact) mass is 722 g/mol. The zero-order chi connectivity index (χ0) is 27.3. The molecule has 0 N–H and O–H groups in total. The van der Waals surface area contributed by atoms with E-state index in [1.165, 1.54) is 54.1 Å². The summed E-state index contributed by atoms with van der Waals surface area (Å²) in [7, 11) is -1.50. The molecule has 0 aliphatic carbocycles. The van der Waals surface area contributed by atoms with Crippen molar-refractivity contribution in [2.75, 3.05) is 0 Å². The van der Waals surface area contributed by atoms with Crippen molar-refractivity contribution in [3.63, 3.8) is 0 Å². The summed E-state index contributed by atoms with van der Waals surface area (Å²) in [5.74, 6) is 0. The minimum Gasteiger partial charge on any atom is -1.00 e. The maximum atomic E-state index is 2.37. The fourth-order valence-electron chi connectivity index (χ4n) is 5.49. The summed E-state index contributed by atoms with van der Waals surface area (Å²) < 4.78 is 0. The molecule has 216 valence electrons. The predicted octanol–water partition coefficient (Wildman–Crippen LogP) is 1.49. The molecule has 0 bridgehead atoms. The average molecular weight is 723 g/mol. The Hall–Kier alpha value is -2.62. The van der Waals surface area contributed by atoms with Crippen LogP contribution in [0.3, 0.4) is 0 Å². The van der Waals surface area contributed by atoms with Crippen LogP contribution in [0.25, 0.3) is 11.1 Å². The molecule has 0 fully saturated rings. The molecule has 0 nitrogen and oxygen atoms in total. The molecular formula is C38H32Cl2P2Ru. The van der Waals surface area contributed by atoms with Crippen LogP contribution in [0.4, 0.5) is 0 Å². The molecule has 6 rings (SSSR count). The van der Waals surface area contributed by atoms with Gasteiger partial charge in [-0.2, -0.15) is 0 Å². The Kier molecular flexibility index (Phi) is 13.3. The first kappa shape index (κ1) is 34.9. The zero-order valence-corrected chi connectivity index (χ0v) is 29.1. The van der Waals surface area contributed by atoms with E-state index in [0.717, 1.165) is 0 Å². The van der Waals surface area contributed by atoms with Crippen LogP contribution in [0.1, 0.15) is 11.1 Å². The van der Waals surface area contributed by atoms with Gasteiger partial charge in [-0.3, -0.25) is 0 Å². The normalized spacial score (nSPS) is 10.4. The molecule has 0 unspecified atom stereocenters. The van der Waals surface area contributed by atoms with Gasteiger partial charge in [-0.25, -0.2) is 0 Å². The molecule has 0 heterocycles. The van der Waals surface area contributed by atoms with E-state index in [1.807, 2.05) is 0 Å². The fourth-order valence-corrected chi connectivity index (χ4v) is 10.6. The van der Waals surface area contributed by atoms with Crippen molar-refractivity contribution in [3.05, 3.63) is 169 Å². The van der Waals surface area contributed by atoms with E-state index in [0.29, 0.717) is 0 Å². The SMILES string of the molecule is Cc1cccc(P(c2ccccc2)c2ccccc2)c1-c1c(C)cccc1P(c1ccccc1)c1ccccc1.[Cl-].[Cl-].[Ru+2]. The third-order valence-electron chi connectivity index (χ3n) is 7.29. The van der Waals surface area contributed by atoms with Crippen molar-refractivity contribution < 1.29 is 44.3 Å². The maximum Gasteiger partial charge on any atom is 2.00 e. The third-order valence-corrected chi connectivity index (χ3v) is 12.3. The molecule has 0 radical (unpaired) electrons. The number of benzene rings is 6. The second-order valence-electron chi connectivity index (χ2n) is 9.95. The topological polar surface area (TPSA) is 0 Å². The number of hydrogen-bond acceptors (Lipinski definition) is 0. The van der Waals surface area contributed by atoms with Crippen LogP contribution in [-0.2, 0) is 19.5 Å². The number of halogens is 2. The molecule has 0 aliphatic heterocycles. The molecule has 0 spiro atoms. The van der Waals surface area contributed by atoms with Crippen LogP contribution in [-0.4, -0.2) is 0 Å². The van der Waals surface area contributed by atoms with Gasteiger partial charge in [-0.05, 0) is 83.8 Å². The molecule has 0 saturated carbocycles. The van der Waals surface area contributed by atoms with Crippen LogP contribution in [0.2, 0.25) is 0 Å². The summed E-state index contributed by atoms with van der Waals surface area (Å²) in [6.45, 7) is 4.57. The second kappa shape index (κ2) is 16.5. The van der Waals surface area contributed by atoms with Gasteiger partial charge in [0.1, 0.15) is 0 Å². The van der Waals surface area contributed by atoms with Gasteiger partial charge < -0.3 is 24.8 Å². The van der Waals surface area contributed by atoms with Gasteiger partial charge >= 0.3 is 19.5 Å². The molecule has 5 heteroatoms. The van der Waals surface area contributed by atoms with E-state index < -0.39 is 15.8 Å². The Morgan fingerprint density at radius 1 is 0.326 bits per heavy atom. The maximum absolute atomic E-state index is 2.37. The van der Waals surface area contributed by atoms with Crippen LogP contribution in [0.15, 0.2) is 158 Å². The minimum atomic E-state index is -0.752. The van der Waals surface area contributed by atoms with Crippen molar-refractivity contribution in [3.8, 4) is 11.1 Å². The Labute approximate surface area is 284 Å². The van der Waals surface area contributed by atoms with Crippen LogP contribution >= 0.6 is 15.8 Å². The summed E-state index contributed by atoms with van der Waals surface area (Å²) >= 11 is 0. The van der Waals surface area contributed by atoms with Crippen LogP contribution in [0.5, 0.6) is 0 Å². The predicted molar refractivity (Wildman–Crippen MR) is 179 cm³/mol. The van der Waals surface area contributed by atoms with Crippen LogP contribution in [0, 0.1) is 13.8 Å². The molecule has 0 aliphatic rings. The third kappa shape index (κ3) is 7.55. The molecule has 6 aromatic carbocycles. The van der Waals surface area contributed by atoms with Gasteiger partial charge in [0.2, 0.25) is 0 Å². The van der Waals surface area contributed by atoms with E-state index in [2.05, 4.69) is 172 Å². The first-order valence-corrected chi connectivity index (χ1v) is 16.4. The van der Waals surface area contributed by atoms with E-state index in [9.17, 15) is 0 Å².